The van der Waals surface area contributed by atoms with Gasteiger partial charge in [0.15, 0.2) is 0 Å². The Labute approximate surface area is 221 Å². The molecule has 0 spiro atoms. The average molecular weight is 498 g/mol. The van der Waals surface area contributed by atoms with Crippen molar-refractivity contribution in [1.29, 1.82) is 0 Å². The number of nitrogens with zero attached hydrogens (tertiary/aromatic N) is 2. The molecule has 2 aromatic carbocycles. The number of likely N-dealkylation sites (N-methyl/N-ethyl adjacent to an activating group) is 1. The van der Waals surface area contributed by atoms with Crippen molar-refractivity contribution in [2.45, 2.75) is 61.5 Å². The van der Waals surface area contributed by atoms with Crippen LogP contribution in [0.25, 0.3) is 0 Å². The molecule has 0 saturated carbocycles. The summed E-state index contributed by atoms with van der Waals surface area (Å²) in [5.74, 6) is 2.51. The number of carbonyl (C=O) groups excluding carboxylic acids is 1. The first-order valence-corrected chi connectivity index (χ1v) is 13.2. The molecule has 0 aliphatic heterocycles. The van der Waals surface area contributed by atoms with Crippen molar-refractivity contribution < 1.29 is 9.53 Å². The fourth-order valence-corrected chi connectivity index (χ4v) is 3.02. The van der Waals surface area contributed by atoms with Crippen molar-refractivity contribution in [2.75, 3.05) is 37.6 Å². The summed E-state index contributed by atoms with van der Waals surface area (Å²) in [6.45, 7) is 22.4. The smallest absolute Gasteiger partial charge is 0.236 e. The maximum atomic E-state index is 11.8. The van der Waals surface area contributed by atoms with Gasteiger partial charge in [-0.25, -0.2) is 0 Å². The summed E-state index contributed by atoms with van der Waals surface area (Å²) >= 11 is 0. The van der Waals surface area contributed by atoms with E-state index in [1.165, 1.54) is 0 Å². The molecule has 2 rings (SSSR count). The van der Waals surface area contributed by atoms with Gasteiger partial charge in [-0.3, -0.25) is 4.79 Å². The van der Waals surface area contributed by atoms with Gasteiger partial charge in [0, 0.05) is 31.9 Å². The topological polar surface area (TPSA) is 58.8 Å². The summed E-state index contributed by atoms with van der Waals surface area (Å²) in [6.07, 6.45) is 2.77. The zero-order valence-electron chi connectivity index (χ0n) is 23.9. The lowest BCUT2D eigenvalue weighted by Gasteiger charge is -2.26. The highest BCUT2D eigenvalue weighted by molar-refractivity contribution is 5.77. The molecule has 0 aromatic heterocycles. The minimum atomic E-state index is -0.00214. The third-order valence-corrected chi connectivity index (χ3v) is 4.56. The van der Waals surface area contributed by atoms with Gasteiger partial charge in [-0.15, -0.1) is 6.58 Å². The number of anilines is 1. The zero-order chi connectivity index (χ0) is 27.3. The first kappa shape index (κ1) is 33.2. The molecule has 0 fully saturated rings. The van der Waals surface area contributed by atoms with Gasteiger partial charge in [-0.05, 0) is 55.0 Å². The van der Waals surface area contributed by atoms with Crippen LogP contribution < -0.4 is 15.4 Å². The quantitative estimate of drug-likeness (QED) is 0.328. The first-order chi connectivity index (χ1) is 17.1. The van der Waals surface area contributed by atoms with Crippen molar-refractivity contribution in [3.63, 3.8) is 0 Å². The molecule has 202 valence electrons. The second-order valence-electron chi connectivity index (χ2n) is 10.00. The van der Waals surface area contributed by atoms with E-state index in [0.717, 1.165) is 48.3 Å². The fraction of sp³-hybridized carbons (Fsp3) is 0.516. The van der Waals surface area contributed by atoms with Crippen LogP contribution in [0, 0.1) is 11.8 Å². The molecule has 0 aliphatic rings. The van der Waals surface area contributed by atoms with Crippen LogP contribution >= 0.6 is 0 Å². The molecule has 0 atom stereocenters. The van der Waals surface area contributed by atoms with Gasteiger partial charge in [0.05, 0.1) is 6.54 Å². The highest BCUT2D eigenvalue weighted by atomic mass is 16.5. The molecule has 2 N–H and O–H groups in total. The van der Waals surface area contributed by atoms with Gasteiger partial charge in [0.2, 0.25) is 5.91 Å². The van der Waals surface area contributed by atoms with Crippen molar-refractivity contribution in [1.82, 2.24) is 4.90 Å². The Morgan fingerprint density at radius 1 is 0.944 bits per heavy atom. The van der Waals surface area contributed by atoms with Crippen LogP contribution in [0.5, 0.6) is 5.75 Å². The van der Waals surface area contributed by atoms with E-state index in [1.54, 1.807) is 4.90 Å². The van der Waals surface area contributed by atoms with E-state index in [4.69, 9.17) is 10.5 Å². The third kappa shape index (κ3) is 16.8. The Balaban J connectivity index is 0.00000133. The van der Waals surface area contributed by atoms with Crippen molar-refractivity contribution in [3.8, 4) is 5.75 Å². The number of hydrogen-bond donors (Lipinski definition) is 1. The molecule has 5 nitrogen and oxygen atoms in total. The number of rotatable bonds is 12. The maximum Gasteiger partial charge on any atom is 0.236 e. The van der Waals surface area contributed by atoms with E-state index in [2.05, 4.69) is 77.3 Å². The number of ether oxygens (including phenoxy) is 1. The van der Waals surface area contributed by atoms with Crippen molar-refractivity contribution >= 4 is 11.6 Å². The molecule has 0 unspecified atom stereocenters. The summed E-state index contributed by atoms with van der Waals surface area (Å²) in [5, 5.41) is 0. The zero-order valence-corrected chi connectivity index (χ0v) is 23.9. The lowest BCUT2D eigenvalue weighted by molar-refractivity contribution is -0.129. The number of benzene rings is 2. The third-order valence-electron chi connectivity index (χ3n) is 4.56. The standard InChI is InChI=1S/C23H31N3O2.2C4H10/c1-3-15-26(17-8-16-25(4-2)23(27)18-24)21-11-13-22(14-12-21)28-19-20-9-6-5-7-10-20;2*1-4(2)3/h3,5-7,9-14H,1,4,8,15-19,24H2,2H3;2*4H,1-3H3. The van der Waals surface area contributed by atoms with Crippen LogP contribution in [0.3, 0.4) is 0 Å². The molecular formula is C31H51N3O2. The lowest BCUT2D eigenvalue weighted by atomic mass is 10.2. The summed E-state index contributed by atoms with van der Waals surface area (Å²) in [7, 11) is 0. The number of hydrogen-bond acceptors (Lipinski definition) is 4. The summed E-state index contributed by atoms with van der Waals surface area (Å²) < 4.78 is 5.86. The monoisotopic (exact) mass is 497 g/mol. The summed E-state index contributed by atoms with van der Waals surface area (Å²) in [4.78, 5) is 15.8. The Bertz CT molecular complexity index is 793. The predicted octanol–water partition coefficient (Wildman–Crippen LogP) is 6.78. The molecule has 0 radical (unpaired) electrons. The molecule has 36 heavy (non-hydrogen) atoms. The van der Waals surface area contributed by atoms with E-state index in [-0.39, 0.29) is 12.5 Å². The van der Waals surface area contributed by atoms with Crippen LogP contribution in [-0.4, -0.2) is 43.5 Å². The Morgan fingerprint density at radius 2 is 1.50 bits per heavy atom. The van der Waals surface area contributed by atoms with E-state index >= 15 is 0 Å². The molecule has 1 amide bonds. The minimum Gasteiger partial charge on any atom is -0.489 e. The van der Waals surface area contributed by atoms with Gasteiger partial charge >= 0.3 is 0 Å². The molecule has 5 heteroatoms. The first-order valence-electron chi connectivity index (χ1n) is 13.2. The largest absolute Gasteiger partial charge is 0.489 e. The van der Waals surface area contributed by atoms with E-state index in [0.29, 0.717) is 19.7 Å². The molecule has 2 aromatic rings. The highest BCUT2D eigenvalue weighted by Gasteiger charge is 2.11. The molecule has 0 heterocycles. The van der Waals surface area contributed by atoms with Crippen LogP contribution in [0.15, 0.2) is 67.3 Å². The maximum absolute atomic E-state index is 11.8. The minimum absolute atomic E-state index is 0.00214. The van der Waals surface area contributed by atoms with Crippen LogP contribution in [0.2, 0.25) is 0 Å². The average Bonchev–Trinajstić information content (AvgIpc) is 2.84. The lowest BCUT2D eigenvalue weighted by Crippen LogP contribution is -2.38. The fourth-order valence-electron chi connectivity index (χ4n) is 3.02. The SMILES string of the molecule is C=CCN(CCCN(CC)C(=O)CN)c1ccc(OCc2ccccc2)cc1.CC(C)C.CC(C)C. The van der Waals surface area contributed by atoms with E-state index in [1.807, 2.05) is 43.3 Å². The number of nitrogens with two attached hydrogens (primary N) is 1. The normalized spacial score (nSPS) is 10.1. The Morgan fingerprint density at radius 3 is 1.97 bits per heavy atom. The number of amides is 1. The second kappa shape index (κ2) is 20.4. The van der Waals surface area contributed by atoms with Crippen molar-refractivity contribution in [2.24, 2.45) is 17.6 Å². The van der Waals surface area contributed by atoms with Gasteiger partial charge in [0.1, 0.15) is 12.4 Å². The molecule has 0 bridgehead atoms. The Kier molecular flexibility index (Phi) is 18.8. The van der Waals surface area contributed by atoms with E-state index < -0.39 is 0 Å². The van der Waals surface area contributed by atoms with Crippen LogP contribution in [-0.2, 0) is 11.4 Å². The van der Waals surface area contributed by atoms with Crippen LogP contribution in [0.4, 0.5) is 5.69 Å². The summed E-state index contributed by atoms with van der Waals surface area (Å²) in [5.41, 5.74) is 7.72. The second-order valence-corrected chi connectivity index (χ2v) is 10.00. The van der Waals surface area contributed by atoms with Gasteiger partial charge in [-0.2, -0.15) is 0 Å². The van der Waals surface area contributed by atoms with Gasteiger partial charge < -0.3 is 20.3 Å². The number of carbonyl (C=O) groups is 1. The van der Waals surface area contributed by atoms with Gasteiger partial charge in [0.25, 0.3) is 0 Å². The molecule has 0 aliphatic carbocycles. The van der Waals surface area contributed by atoms with E-state index in [9.17, 15) is 4.79 Å². The Hall–Kier alpha value is -2.79. The highest BCUT2D eigenvalue weighted by Crippen LogP contribution is 2.21. The predicted molar refractivity (Wildman–Crippen MR) is 157 cm³/mol. The molecular weight excluding hydrogens is 446 g/mol. The molecule has 0 saturated heterocycles. The van der Waals surface area contributed by atoms with Crippen molar-refractivity contribution in [3.05, 3.63) is 72.8 Å². The van der Waals surface area contributed by atoms with Gasteiger partial charge in [-0.1, -0.05) is 78.0 Å². The summed E-state index contributed by atoms with van der Waals surface area (Å²) in [6, 6.07) is 18.2. The van der Waals surface area contributed by atoms with Crippen LogP contribution in [0.1, 0.15) is 60.5 Å².